The lowest BCUT2D eigenvalue weighted by Crippen LogP contribution is -2.13. The predicted octanol–water partition coefficient (Wildman–Crippen LogP) is 20.4. The Labute approximate surface area is 429 Å². The van der Waals surface area contributed by atoms with Crippen molar-refractivity contribution in [1.29, 1.82) is 0 Å². The Morgan fingerprint density at radius 3 is 1.22 bits per heavy atom. The minimum Gasteiger partial charge on any atom is -0.456 e. The van der Waals surface area contributed by atoms with E-state index in [1.807, 2.05) is 0 Å². The molecule has 0 saturated heterocycles. The third-order valence-corrected chi connectivity index (χ3v) is 14.5. The number of anilines is 6. The van der Waals surface area contributed by atoms with Crippen LogP contribution in [0.25, 0.3) is 76.9 Å². The van der Waals surface area contributed by atoms with Gasteiger partial charge in [0.05, 0.1) is 11.4 Å². The minimum absolute atomic E-state index is 0.0437. The van der Waals surface area contributed by atoms with E-state index in [-0.39, 0.29) is 10.8 Å². The minimum atomic E-state index is 0.0437. The van der Waals surface area contributed by atoms with Gasteiger partial charge in [-0.3, -0.25) is 0 Å². The fraction of sp³-hybridized carbons (Fsp3) is 0.114. The summed E-state index contributed by atoms with van der Waals surface area (Å²) in [5.41, 5.74) is 18.1. The van der Waals surface area contributed by atoms with Gasteiger partial charge in [-0.15, -0.1) is 0 Å². The Balaban J connectivity index is 0.972. The van der Waals surface area contributed by atoms with Gasteiger partial charge in [0.1, 0.15) is 11.2 Å². The van der Waals surface area contributed by atoms with E-state index in [0.29, 0.717) is 0 Å². The molecule has 73 heavy (non-hydrogen) atoms. The van der Waals surface area contributed by atoms with Crippen LogP contribution in [0.15, 0.2) is 247 Å². The van der Waals surface area contributed by atoms with Crippen LogP contribution in [0, 0.1) is 0 Å². The molecule has 0 radical (unpaired) electrons. The molecule has 11 aromatic carbocycles. The molecule has 0 bridgehead atoms. The van der Waals surface area contributed by atoms with Crippen LogP contribution < -0.4 is 9.80 Å². The lowest BCUT2D eigenvalue weighted by molar-refractivity contribution is 0.590. The van der Waals surface area contributed by atoms with Crippen LogP contribution in [-0.4, -0.2) is 0 Å². The van der Waals surface area contributed by atoms with Crippen LogP contribution in [-0.2, 0) is 10.8 Å². The molecule has 3 heteroatoms. The smallest absolute Gasteiger partial charge is 0.136 e. The highest BCUT2D eigenvalue weighted by Crippen LogP contribution is 2.46. The molecule has 0 spiro atoms. The monoisotopic (exact) mass is 942 g/mol. The van der Waals surface area contributed by atoms with E-state index in [9.17, 15) is 0 Å². The van der Waals surface area contributed by atoms with Crippen molar-refractivity contribution >= 4 is 77.6 Å². The summed E-state index contributed by atoms with van der Waals surface area (Å²) in [6, 6.07) is 88.6. The second kappa shape index (κ2) is 18.2. The van der Waals surface area contributed by atoms with Gasteiger partial charge >= 0.3 is 0 Å². The SMILES string of the molecule is CC(C)(C)c1ccc(-c2ccccc2N(c2cccc(-c3ccccc3)c2)c2ccc3cc4c(cc3c2)oc2cc3cc(N(c5ccc(C(C)(C)C)cc5)c5ccccc5-c5ccccc5)ccc3cc24)cc1. The molecule has 0 aliphatic rings. The third kappa shape index (κ3) is 8.72. The van der Waals surface area contributed by atoms with Gasteiger partial charge < -0.3 is 14.2 Å². The molecule has 0 atom stereocenters. The standard InChI is InChI=1S/C70H58N2O/c1-69(2,3)55-32-28-49(29-33-55)62-25-14-16-27-66(62)72(58-23-17-22-50(40-58)47-18-9-7-10-19-47)60-37-31-52-44-64-63-43-51-30-36-59(41-53(51)45-67(63)73-68(64)46-54(52)42-60)71(57-38-34-56(35-39-57)70(4,5)6)65-26-15-13-24-61(65)48-20-11-8-12-21-48/h7-46H,1-6H3. The predicted molar refractivity (Wildman–Crippen MR) is 312 cm³/mol. The third-order valence-electron chi connectivity index (χ3n) is 14.5. The maximum Gasteiger partial charge on any atom is 0.136 e. The second-order valence-corrected chi connectivity index (χ2v) is 21.5. The van der Waals surface area contributed by atoms with Crippen LogP contribution in [0.5, 0.6) is 0 Å². The van der Waals surface area contributed by atoms with Crippen molar-refractivity contribution in [3.05, 3.63) is 254 Å². The van der Waals surface area contributed by atoms with Crippen LogP contribution in [0.3, 0.4) is 0 Å². The molecule has 0 aliphatic heterocycles. The summed E-state index contributed by atoms with van der Waals surface area (Å²) in [7, 11) is 0. The number of fused-ring (bicyclic) bond motifs is 5. The summed E-state index contributed by atoms with van der Waals surface area (Å²) in [5, 5.41) is 6.75. The Bertz CT molecular complexity index is 3970. The topological polar surface area (TPSA) is 19.6 Å². The van der Waals surface area contributed by atoms with Gasteiger partial charge in [-0.2, -0.15) is 0 Å². The van der Waals surface area contributed by atoms with E-state index in [4.69, 9.17) is 4.42 Å². The normalized spacial score (nSPS) is 12.0. The quantitative estimate of drug-likeness (QED) is 0.144. The molecular formula is C70H58N2O. The van der Waals surface area contributed by atoms with Gasteiger partial charge in [-0.1, -0.05) is 199 Å². The van der Waals surface area contributed by atoms with Gasteiger partial charge in [0.25, 0.3) is 0 Å². The Hall–Kier alpha value is -8.66. The number of rotatable bonds is 9. The zero-order valence-electron chi connectivity index (χ0n) is 42.4. The van der Waals surface area contributed by atoms with Crippen LogP contribution in [0.1, 0.15) is 52.7 Å². The van der Waals surface area contributed by atoms with Gasteiger partial charge in [0.15, 0.2) is 0 Å². The summed E-state index contributed by atoms with van der Waals surface area (Å²) in [6.07, 6.45) is 0. The van der Waals surface area contributed by atoms with E-state index in [0.717, 1.165) is 83.2 Å². The fourth-order valence-corrected chi connectivity index (χ4v) is 10.5. The molecule has 0 N–H and O–H groups in total. The van der Waals surface area contributed by atoms with Crippen molar-refractivity contribution in [2.75, 3.05) is 9.80 Å². The maximum atomic E-state index is 6.88. The van der Waals surface area contributed by atoms with Crippen molar-refractivity contribution in [3.63, 3.8) is 0 Å². The number of nitrogens with zero attached hydrogens (tertiary/aromatic N) is 2. The van der Waals surface area contributed by atoms with E-state index in [1.165, 1.54) is 38.9 Å². The van der Waals surface area contributed by atoms with Crippen LogP contribution in [0.4, 0.5) is 34.1 Å². The van der Waals surface area contributed by atoms with E-state index in [1.54, 1.807) is 0 Å². The zero-order valence-corrected chi connectivity index (χ0v) is 42.4. The lowest BCUT2D eigenvalue weighted by atomic mass is 9.86. The molecule has 0 unspecified atom stereocenters. The van der Waals surface area contributed by atoms with Gasteiger partial charge in [-0.05, 0) is 151 Å². The number of furan rings is 1. The van der Waals surface area contributed by atoms with E-state index < -0.39 is 0 Å². The first-order chi connectivity index (χ1) is 35.4. The van der Waals surface area contributed by atoms with E-state index in [2.05, 4.69) is 294 Å². The van der Waals surface area contributed by atoms with Crippen molar-refractivity contribution in [2.45, 2.75) is 52.4 Å². The van der Waals surface area contributed by atoms with Crippen LogP contribution in [0.2, 0.25) is 0 Å². The van der Waals surface area contributed by atoms with E-state index >= 15 is 0 Å². The van der Waals surface area contributed by atoms with Gasteiger partial charge in [0, 0.05) is 44.6 Å². The van der Waals surface area contributed by atoms with Crippen LogP contribution >= 0.6 is 0 Å². The van der Waals surface area contributed by atoms with Crippen molar-refractivity contribution in [1.82, 2.24) is 0 Å². The Kier molecular flexibility index (Phi) is 11.3. The van der Waals surface area contributed by atoms with Crippen molar-refractivity contribution in [2.24, 2.45) is 0 Å². The summed E-state index contributed by atoms with van der Waals surface area (Å²) < 4.78 is 6.88. The molecule has 0 saturated carbocycles. The molecule has 1 heterocycles. The fourth-order valence-electron chi connectivity index (χ4n) is 10.5. The van der Waals surface area contributed by atoms with Gasteiger partial charge in [0.2, 0.25) is 0 Å². The highest BCUT2D eigenvalue weighted by atomic mass is 16.3. The highest BCUT2D eigenvalue weighted by molar-refractivity contribution is 6.14. The molecule has 0 amide bonds. The van der Waals surface area contributed by atoms with Gasteiger partial charge in [-0.25, -0.2) is 0 Å². The first-order valence-corrected chi connectivity index (χ1v) is 25.5. The molecule has 12 rings (SSSR count). The maximum absolute atomic E-state index is 6.88. The molecule has 1 aromatic heterocycles. The average Bonchev–Trinajstić information content (AvgIpc) is 3.76. The number of benzene rings is 11. The summed E-state index contributed by atoms with van der Waals surface area (Å²) >= 11 is 0. The summed E-state index contributed by atoms with van der Waals surface area (Å²) in [4.78, 5) is 4.80. The molecule has 12 aromatic rings. The summed E-state index contributed by atoms with van der Waals surface area (Å²) in [5.74, 6) is 0. The Morgan fingerprint density at radius 1 is 0.288 bits per heavy atom. The zero-order chi connectivity index (χ0) is 49.8. The largest absolute Gasteiger partial charge is 0.456 e. The van der Waals surface area contributed by atoms with Crippen molar-refractivity contribution in [3.8, 4) is 33.4 Å². The number of para-hydroxylation sites is 2. The molecule has 0 fully saturated rings. The molecule has 354 valence electrons. The molecule has 3 nitrogen and oxygen atoms in total. The average molecular weight is 943 g/mol. The Morgan fingerprint density at radius 2 is 0.699 bits per heavy atom. The van der Waals surface area contributed by atoms with Crippen molar-refractivity contribution < 1.29 is 4.42 Å². The number of hydrogen-bond acceptors (Lipinski definition) is 3. The number of hydrogen-bond donors (Lipinski definition) is 0. The first-order valence-electron chi connectivity index (χ1n) is 25.5. The summed E-state index contributed by atoms with van der Waals surface area (Å²) in [6.45, 7) is 13.6. The second-order valence-electron chi connectivity index (χ2n) is 21.5. The highest BCUT2D eigenvalue weighted by Gasteiger charge is 2.23. The molecular weight excluding hydrogens is 885 g/mol. The molecule has 0 aliphatic carbocycles. The first kappa shape index (κ1) is 45.5. The lowest BCUT2D eigenvalue weighted by Gasteiger charge is -2.29.